The Kier molecular flexibility index (Phi) is 5.49. The molecule has 1 amide bonds. The molecule has 0 aliphatic carbocycles. The lowest BCUT2D eigenvalue weighted by molar-refractivity contribution is -0.133. The number of nitrogens with zero attached hydrogens (tertiary/aromatic N) is 2. The molecule has 0 radical (unpaired) electrons. The number of rotatable bonds is 6. The minimum absolute atomic E-state index is 0.125. The number of amides is 1. The molecular weight excluding hydrogens is 256 g/mol. The highest BCUT2D eigenvalue weighted by molar-refractivity contribution is 5.77. The third-order valence-corrected chi connectivity index (χ3v) is 3.77. The highest BCUT2D eigenvalue weighted by atomic mass is 16.5. The lowest BCUT2D eigenvalue weighted by Crippen LogP contribution is -2.38. The fourth-order valence-corrected chi connectivity index (χ4v) is 2.64. The molecule has 20 heavy (non-hydrogen) atoms. The molecule has 0 bridgehead atoms. The van der Waals surface area contributed by atoms with E-state index in [2.05, 4.69) is 4.98 Å². The molecule has 1 aromatic heterocycles. The summed E-state index contributed by atoms with van der Waals surface area (Å²) in [5.74, 6) is 0.170. The van der Waals surface area contributed by atoms with Crippen molar-refractivity contribution in [1.29, 1.82) is 0 Å². The van der Waals surface area contributed by atoms with E-state index in [1.807, 2.05) is 17.0 Å². The van der Waals surface area contributed by atoms with E-state index in [-0.39, 0.29) is 18.1 Å². The maximum atomic E-state index is 12.4. The van der Waals surface area contributed by atoms with Gasteiger partial charge in [0, 0.05) is 39.6 Å². The molecule has 0 aromatic carbocycles. The first kappa shape index (κ1) is 14.9. The molecule has 0 spiro atoms. The maximum absolute atomic E-state index is 12.4. The number of aryl methyl sites for hydroxylation is 1. The van der Waals surface area contributed by atoms with Gasteiger partial charge >= 0.3 is 0 Å². The second-order valence-electron chi connectivity index (χ2n) is 5.10. The zero-order valence-electron chi connectivity index (χ0n) is 12.1. The molecule has 0 unspecified atom stereocenters. The standard InChI is InChI=1S/C15H22N2O3/c1-19-11-13-9-14(20-2)10-17(13)15(18)4-3-12-5-7-16-8-6-12/h5-8,13-14H,3-4,9-11H2,1-2H3/t13-,14+/m0/s1. The zero-order valence-corrected chi connectivity index (χ0v) is 12.1. The van der Waals surface area contributed by atoms with Gasteiger partial charge in [-0.15, -0.1) is 0 Å². The quantitative estimate of drug-likeness (QED) is 0.786. The normalized spacial score (nSPS) is 22.2. The van der Waals surface area contributed by atoms with E-state index in [1.54, 1.807) is 26.6 Å². The minimum Gasteiger partial charge on any atom is -0.383 e. The van der Waals surface area contributed by atoms with Gasteiger partial charge in [-0.25, -0.2) is 0 Å². The van der Waals surface area contributed by atoms with Gasteiger partial charge < -0.3 is 14.4 Å². The zero-order chi connectivity index (χ0) is 14.4. The highest BCUT2D eigenvalue weighted by Gasteiger charge is 2.34. The summed E-state index contributed by atoms with van der Waals surface area (Å²) >= 11 is 0. The van der Waals surface area contributed by atoms with Crippen LogP contribution in [-0.2, 0) is 20.7 Å². The molecule has 2 heterocycles. The number of aromatic nitrogens is 1. The first-order chi connectivity index (χ1) is 9.74. The molecule has 1 aliphatic rings. The molecule has 5 nitrogen and oxygen atoms in total. The van der Waals surface area contributed by atoms with Crippen LogP contribution in [0, 0.1) is 0 Å². The Balaban J connectivity index is 1.90. The van der Waals surface area contributed by atoms with Gasteiger partial charge in [-0.1, -0.05) is 0 Å². The van der Waals surface area contributed by atoms with Crippen LogP contribution >= 0.6 is 0 Å². The first-order valence-corrected chi connectivity index (χ1v) is 6.94. The van der Waals surface area contributed by atoms with E-state index in [0.29, 0.717) is 19.6 Å². The molecule has 1 saturated heterocycles. The topological polar surface area (TPSA) is 51.7 Å². The van der Waals surface area contributed by atoms with E-state index in [0.717, 1.165) is 18.4 Å². The average molecular weight is 278 g/mol. The summed E-state index contributed by atoms with van der Waals surface area (Å²) in [7, 11) is 3.36. The summed E-state index contributed by atoms with van der Waals surface area (Å²) in [5, 5.41) is 0. The van der Waals surface area contributed by atoms with Crippen LogP contribution in [0.3, 0.4) is 0 Å². The number of ether oxygens (including phenoxy) is 2. The minimum atomic E-state index is 0.125. The fraction of sp³-hybridized carbons (Fsp3) is 0.600. The maximum Gasteiger partial charge on any atom is 0.223 e. The summed E-state index contributed by atoms with van der Waals surface area (Å²) in [6.45, 7) is 1.24. The molecule has 2 atom stereocenters. The van der Waals surface area contributed by atoms with Crippen molar-refractivity contribution in [1.82, 2.24) is 9.88 Å². The van der Waals surface area contributed by atoms with Gasteiger partial charge in [-0.2, -0.15) is 0 Å². The second-order valence-corrected chi connectivity index (χ2v) is 5.10. The highest BCUT2D eigenvalue weighted by Crippen LogP contribution is 2.21. The largest absolute Gasteiger partial charge is 0.383 e. The van der Waals surface area contributed by atoms with Crippen molar-refractivity contribution in [2.45, 2.75) is 31.4 Å². The number of hydrogen-bond donors (Lipinski definition) is 0. The van der Waals surface area contributed by atoms with Crippen LogP contribution in [0.15, 0.2) is 24.5 Å². The summed E-state index contributed by atoms with van der Waals surface area (Å²) in [5.41, 5.74) is 1.14. The third-order valence-electron chi connectivity index (χ3n) is 3.77. The van der Waals surface area contributed by atoms with Gasteiger partial charge in [-0.3, -0.25) is 9.78 Å². The van der Waals surface area contributed by atoms with Crippen molar-refractivity contribution in [3.8, 4) is 0 Å². The Morgan fingerprint density at radius 1 is 1.40 bits per heavy atom. The summed E-state index contributed by atoms with van der Waals surface area (Å²) in [6, 6.07) is 4.03. The van der Waals surface area contributed by atoms with Crippen LogP contribution in [-0.4, -0.2) is 55.3 Å². The van der Waals surface area contributed by atoms with Crippen molar-refractivity contribution in [3.63, 3.8) is 0 Å². The number of carbonyl (C=O) groups is 1. The van der Waals surface area contributed by atoms with E-state index in [4.69, 9.17) is 9.47 Å². The Hall–Kier alpha value is -1.46. The predicted molar refractivity (Wildman–Crippen MR) is 75.3 cm³/mol. The lowest BCUT2D eigenvalue weighted by Gasteiger charge is -2.23. The Labute approximate surface area is 119 Å². The van der Waals surface area contributed by atoms with Gasteiger partial charge in [0.15, 0.2) is 0 Å². The van der Waals surface area contributed by atoms with Gasteiger partial charge in [-0.05, 0) is 30.5 Å². The smallest absolute Gasteiger partial charge is 0.223 e. The number of carbonyl (C=O) groups excluding carboxylic acids is 1. The molecule has 110 valence electrons. The van der Waals surface area contributed by atoms with E-state index < -0.39 is 0 Å². The molecule has 1 aromatic rings. The summed E-state index contributed by atoms with van der Waals surface area (Å²) in [6.07, 6.45) is 5.75. The summed E-state index contributed by atoms with van der Waals surface area (Å²) in [4.78, 5) is 18.2. The van der Waals surface area contributed by atoms with Crippen LogP contribution in [0.25, 0.3) is 0 Å². The van der Waals surface area contributed by atoms with Gasteiger partial charge in [0.1, 0.15) is 0 Å². The van der Waals surface area contributed by atoms with Crippen molar-refractivity contribution >= 4 is 5.91 Å². The van der Waals surface area contributed by atoms with Crippen molar-refractivity contribution in [3.05, 3.63) is 30.1 Å². The predicted octanol–water partition coefficient (Wildman–Crippen LogP) is 1.28. The average Bonchev–Trinajstić information content (AvgIpc) is 2.89. The van der Waals surface area contributed by atoms with Crippen molar-refractivity contribution in [2.75, 3.05) is 27.4 Å². The van der Waals surface area contributed by atoms with Crippen LogP contribution in [0.4, 0.5) is 0 Å². The summed E-state index contributed by atoms with van der Waals surface area (Å²) < 4.78 is 10.6. The van der Waals surface area contributed by atoms with E-state index >= 15 is 0 Å². The van der Waals surface area contributed by atoms with Crippen LogP contribution in [0.1, 0.15) is 18.4 Å². The molecule has 0 N–H and O–H groups in total. The molecule has 0 saturated carbocycles. The number of hydrogen-bond acceptors (Lipinski definition) is 4. The number of pyridine rings is 1. The first-order valence-electron chi connectivity index (χ1n) is 6.94. The van der Waals surface area contributed by atoms with E-state index in [1.165, 1.54) is 0 Å². The Bertz CT molecular complexity index is 424. The second kappa shape index (κ2) is 7.36. The van der Waals surface area contributed by atoms with Crippen LogP contribution < -0.4 is 0 Å². The van der Waals surface area contributed by atoms with Gasteiger partial charge in [0.25, 0.3) is 0 Å². The third kappa shape index (κ3) is 3.77. The fourth-order valence-electron chi connectivity index (χ4n) is 2.64. The monoisotopic (exact) mass is 278 g/mol. The number of methoxy groups -OCH3 is 2. The SMILES string of the molecule is COC[C@@H]1C[C@@H](OC)CN1C(=O)CCc1ccncc1. The molecule has 5 heteroatoms. The van der Waals surface area contributed by atoms with Crippen LogP contribution in [0.2, 0.25) is 0 Å². The lowest BCUT2D eigenvalue weighted by atomic mass is 10.1. The van der Waals surface area contributed by atoms with Crippen molar-refractivity contribution < 1.29 is 14.3 Å². The van der Waals surface area contributed by atoms with E-state index in [9.17, 15) is 4.79 Å². The Morgan fingerprint density at radius 2 is 2.15 bits per heavy atom. The number of likely N-dealkylation sites (tertiary alicyclic amines) is 1. The molecule has 2 rings (SSSR count). The van der Waals surface area contributed by atoms with Gasteiger partial charge in [0.05, 0.1) is 18.8 Å². The molecule has 1 aliphatic heterocycles. The van der Waals surface area contributed by atoms with Crippen LogP contribution in [0.5, 0.6) is 0 Å². The Morgan fingerprint density at radius 3 is 2.80 bits per heavy atom. The molecule has 1 fully saturated rings. The van der Waals surface area contributed by atoms with Gasteiger partial charge in [0.2, 0.25) is 5.91 Å². The molecular formula is C15H22N2O3. The van der Waals surface area contributed by atoms with Crippen molar-refractivity contribution in [2.24, 2.45) is 0 Å².